The fourth-order valence-corrected chi connectivity index (χ4v) is 5.24. The van der Waals surface area contributed by atoms with Gasteiger partial charge in [-0.25, -0.2) is 0 Å². The highest BCUT2D eigenvalue weighted by atomic mass is 35.5. The summed E-state index contributed by atoms with van der Waals surface area (Å²) < 4.78 is 11.0. The fourth-order valence-electron chi connectivity index (χ4n) is 5.12. The van der Waals surface area contributed by atoms with Crippen molar-refractivity contribution in [2.24, 2.45) is 0 Å². The van der Waals surface area contributed by atoms with Crippen molar-refractivity contribution < 1.29 is 44.9 Å². The average Bonchev–Trinajstić information content (AvgIpc) is 2.99. The lowest BCUT2D eigenvalue weighted by atomic mass is 9.98. The van der Waals surface area contributed by atoms with E-state index in [1.807, 2.05) is 0 Å². The zero-order valence-corrected chi connectivity index (χ0v) is 25.6. The van der Waals surface area contributed by atoms with E-state index in [2.05, 4.69) is 12.2 Å². The first-order valence-electron chi connectivity index (χ1n) is 15.5. The normalized spacial score (nSPS) is 24.7. The molecule has 0 bridgehead atoms. The number of carbonyl (C=O) groups is 1. The number of aliphatic hydroxyl groups excluding tert-OH is 6. The van der Waals surface area contributed by atoms with Crippen molar-refractivity contribution in [3.05, 3.63) is 34.9 Å². The van der Waals surface area contributed by atoms with E-state index in [1.165, 1.54) is 63.5 Å². The Morgan fingerprint density at radius 2 is 1.43 bits per heavy atom. The van der Waals surface area contributed by atoms with E-state index in [-0.39, 0.29) is 5.56 Å². The summed E-state index contributed by atoms with van der Waals surface area (Å²) >= 11 is 5.91. The van der Waals surface area contributed by atoms with Crippen molar-refractivity contribution in [1.82, 2.24) is 5.32 Å². The summed E-state index contributed by atoms with van der Waals surface area (Å²) in [6.07, 6.45) is 4.42. The molecule has 242 valence electrons. The van der Waals surface area contributed by atoms with E-state index in [9.17, 15) is 35.4 Å². The molecule has 8 unspecified atom stereocenters. The molecule has 1 fully saturated rings. The molecular formula is C31H52ClNO9. The monoisotopic (exact) mass is 617 g/mol. The molecule has 11 heteroatoms. The van der Waals surface area contributed by atoms with Gasteiger partial charge < -0.3 is 45.4 Å². The summed E-state index contributed by atoms with van der Waals surface area (Å²) in [5.74, 6) is -0.536. The highest BCUT2D eigenvalue weighted by Crippen LogP contribution is 2.23. The number of aliphatic hydroxyl groups is 6. The Kier molecular flexibility index (Phi) is 18.1. The van der Waals surface area contributed by atoms with Gasteiger partial charge >= 0.3 is 0 Å². The first kappa shape index (κ1) is 36.8. The van der Waals surface area contributed by atoms with Gasteiger partial charge in [0.05, 0.1) is 25.4 Å². The number of amides is 1. The predicted molar refractivity (Wildman–Crippen MR) is 160 cm³/mol. The third kappa shape index (κ3) is 12.7. The minimum absolute atomic E-state index is 0.278. The Labute approximate surface area is 255 Å². The molecule has 1 aliphatic heterocycles. The SMILES string of the molecule is CCCCCCCCCCCCCCC(O)C(O)C(COC1OC(CO)C(O)C(O)C1O)NC(=O)c1ccc(Cl)cc1. The third-order valence-electron chi connectivity index (χ3n) is 7.87. The lowest BCUT2D eigenvalue weighted by Gasteiger charge is -2.40. The molecule has 1 amide bonds. The van der Waals surface area contributed by atoms with Gasteiger partial charge in [0, 0.05) is 10.6 Å². The molecule has 0 aromatic heterocycles. The second-order valence-electron chi connectivity index (χ2n) is 11.4. The van der Waals surface area contributed by atoms with E-state index >= 15 is 0 Å². The van der Waals surface area contributed by atoms with E-state index in [1.54, 1.807) is 12.1 Å². The summed E-state index contributed by atoms with van der Waals surface area (Å²) in [6.45, 7) is 1.21. The maximum atomic E-state index is 12.9. The Hall–Kier alpha value is -1.34. The van der Waals surface area contributed by atoms with Crippen LogP contribution in [0.25, 0.3) is 0 Å². The Bertz CT molecular complexity index is 859. The fraction of sp³-hybridized carbons (Fsp3) is 0.774. The van der Waals surface area contributed by atoms with Gasteiger partial charge in [-0.15, -0.1) is 0 Å². The van der Waals surface area contributed by atoms with Crippen LogP contribution in [0.15, 0.2) is 24.3 Å². The maximum Gasteiger partial charge on any atom is 0.251 e. The molecule has 0 saturated carbocycles. The second kappa shape index (κ2) is 20.6. The molecule has 7 N–H and O–H groups in total. The predicted octanol–water partition coefficient (Wildman–Crippen LogP) is 3.07. The van der Waals surface area contributed by atoms with Crippen LogP contribution in [-0.2, 0) is 9.47 Å². The van der Waals surface area contributed by atoms with Crippen LogP contribution in [0.2, 0.25) is 5.02 Å². The second-order valence-corrected chi connectivity index (χ2v) is 11.8. The Morgan fingerprint density at radius 1 is 0.881 bits per heavy atom. The summed E-state index contributed by atoms with van der Waals surface area (Å²) in [5.41, 5.74) is 0.278. The largest absolute Gasteiger partial charge is 0.394 e. The standard InChI is InChI=1S/C31H52ClNO9/c1-2-3-4-5-6-7-8-9-10-11-12-13-14-24(35)26(36)23(33-30(40)21-15-17-22(32)18-16-21)20-41-31-29(39)28(38)27(37)25(19-34)42-31/h15-18,23-29,31,34-39H,2-14,19-20H2,1H3,(H,33,40). The summed E-state index contributed by atoms with van der Waals surface area (Å²) in [7, 11) is 0. The summed E-state index contributed by atoms with van der Waals surface area (Å²) in [5, 5.41) is 64.6. The van der Waals surface area contributed by atoms with Gasteiger partial charge in [-0.05, 0) is 30.7 Å². The van der Waals surface area contributed by atoms with Crippen LogP contribution in [0.4, 0.5) is 0 Å². The molecule has 1 saturated heterocycles. The van der Waals surface area contributed by atoms with E-state index < -0.39 is 68.1 Å². The molecule has 2 rings (SSSR count). The quantitative estimate of drug-likeness (QED) is 0.102. The lowest BCUT2D eigenvalue weighted by Crippen LogP contribution is -2.60. The minimum atomic E-state index is -1.64. The number of carbonyl (C=O) groups excluding carboxylic acids is 1. The molecule has 1 aromatic rings. The number of nitrogens with one attached hydrogen (secondary N) is 1. The number of unbranched alkanes of at least 4 members (excludes halogenated alkanes) is 11. The molecule has 0 spiro atoms. The van der Waals surface area contributed by atoms with Crippen LogP contribution in [0.1, 0.15) is 101 Å². The van der Waals surface area contributed by atoms with Crippen LogP contribution < -0.4 is 5.32 Å². The van der Waals surface area contributed by atoms with Gasteiger partial charge in [-0.3, -0.25) is 4.79 Å². The Balaban J connectivity index is 1.86. The van der Waals surface area contributed by atoms with Crippen LogP contribution in [-0.4, -0.2) is 98.7 Å². The molecule has 1 aliphatic rings. The first-order valence-corrected chi connectivity index (χ1v) is 15.9. The summed E-state index contributed by atoms with van der Waals surface area (Å²) in [6, 6.07) is 5.03. The number of hydrogen-bond acceptors (Lipinski definition) is 9. The minimum Gasteiger partial charge on any atom is -0.394 e. The van der Waals surface area contributed by atoms with E-state index in [0.29, 0.717) is 17.9 Å². The van der Waals surface area contributed by atoms with Crippen molar-refractivity contribution in [2.75, 3.05) is 13.2 Å². The van der Waals surface area contributed by atoms with Crippen molar-refractivity contribution >= 4 is 17.5 Å². The van der Waals surface area contributed by atoms with Crippen molar-refractivity contribution in [2.45, 2.75) is 139 Å². The topological polar surface area (TPSA) is 169 Å². The van der Waals surface area contributed by atoms with Crippen molar-refractivity contribution in [3.63, 3.8) is 0 Å². The highest BCUT2D eigenvalue weighted by Gasteiger charge is 2.44. The van der Waals surface area contributed by atoms with Crippen LogP contribution >= 0.6 is 11.6 Å². The molecule has 1 aromatic carbocycles. The number of rotatable bonds is 21. The molecule has 42 heavy (non-hydrogen) atoms. The molecular weight excluding hydrogens is 566 g/mol. The highest BCUT2D eigenvalue weighted by molar-refractivity contribution is 6.30. The number of ether oxygens (including phenoxy) is 2. The van der Waals surface area contributed by atoms with E-state index in [0.717, 1.165) is 19.3 Å². The van der Waals surface area contributed by atoms with Gasteiger partial charge in [0.15, 0.2) is 6.29 Å². The smallest absolute Gasteiger partial charge is 0.251 e. The van der Waals surface area contributed by atoms with Gasteiger partial charge in [0.2, 0.25) is 0 Å². The van der Waals surface area contributed by atoms with Crippen LogP contribution in [0.5, 0.6) is 0 Å². The Morgan fingerprint density at radius 3 is 1.98 bits per heavy atom. The van der Waals surface area contributed by atoms with Crippen LogP contribution in [0.3, 0.4) is 0 Å². The number of halogens is 1. The van der Waals surface area contributed by atoms with Gasteiger partial charge in [-0.2, -0.15) is 0 Å². The molecule has 0 radical (unpaired) electrons. The van der Waals surface area contributed by atoms with Crippen molar-refractivity contribution in [1.29, 1.82) is 0 Å². The maximum absolute atomic E-state index is 12.9. The molecule has 10 nitrogen and oxygen atoms in total. The zero-order chi connectivity index (χ0) is 30.9. The van der Waals surface area contributed by atoms with E-state index in [4.69, 9.17) is 21.1 Å². The van der Waals surface area contributed by atoms with Crippen molar-refractivity contribution in [3.8, 4) is 0 Å². The van der Waals surface area contributed by atoms with Crippen LogP contribution in [0, 0.1) is 0 Å². The molecule has 0 aliphatic carbocycles. The zero-order valence-electron chi connectivity index (χ0n) is 24.8. The first-order chi connectivity index (χ1) is 20.2. The molecule has 1 heterocycles. The lowest BCUT2D eigenvalue weighted by molar-refractivity contribution is -0.303. The van der Waals surface area contributed by atoms with Gasteiger partial charge in [0.25, 0.3) is 5.91 Å². The van der Waals surface area contributed by atoms with Gasteiger partial charge in [-0.1, -0.05) is 95.6 Å². The third-order valence-corrected chi connectivity index (χ3v) is 8.12. The summed E-state index contributed by atoms with van der Waals surface area (Å²) in [4.78, 5) is 12.9. The number of hydrogen-bond donors (Lipinski definition) is 7. The van der Waals surface area contributed by atoms with Gasteiger partial charge in [0.1, 0.15) is 30.5 Å². The molecule has 8 atom stereocenters. The average molecular weight is 618 g/mol. The number of benzene rings is 1.